The van der Waals surface area contributed by atoms with E-state index in [9.17, 15) is 14.4 Å². The Hall–Kier alpha value is -4.31. The van der Waals surface area contributed by atoms with Gasteiger partial charge >= 0.3 is 6.03 Å². The number of carbonyl (C=O) groups is 3. The van der Waals surface area contributed by atoms with Crippen molar-refractivity contribution in [3.8, 4) is 24.7 Å². The number of nitrogens with one attached hydrogen (secondary N) is 2. The van der Waals surface area contributed by atoms with Gasteiger partial charge in [-0.25, -0.2) is 4.79 Å². The zero-order valence-corrected chi connectivity index (χ0v) is 19.6. The smallest absolute Gasteiger partial charge is 0.322 e. The largest absolute Gasteiger partial charge is 0.370 e. The van der Waals surface area contributed by atoms with Crippen LogP contribution in [0.5, 0.6) is 0 Å². The summed E-state index contributed by atoms with van der Waals surface area (Å²) in [7, 11) is 0. The Labute approximate surface area is 209 Å². The minimum absolute atomic E-state index is 0.0506. The molecule has 2 aromatic carbocycles. The van der Waals surface area contributed by atoms with E-state index < -0.39 is 12.1 Å². The van der Waals surface area contributed by atoms with Gasteiger partial charge in [-0.1, -0.05) is 11.8 Å². The quantitative estimate of drug-likeness (QED) is 0.611. The van der Waals surface area contributed by atoms with Crippen LogP contribution in [0.4, 0.5) is 21.9 Å². The van der Waals surface area contributed by atoms with Crippen molar-refractivity contribution in [3.05, 3.63) is 54.1 Å². The van der Waals surface area contributed by atoms with Crippen LogP contribution < -0.4 is 15.5 Å². The van der Waals surface area contributed by atoms with E-state index in [4.69, 9.17) is 22.3 Å². The summed E-state index contributed by atoms with van der Waals surface area (Å²) in [6.07, 6.45) is 10.6. The molecule has 0 saturated carbocycles. The number of benzene rings is 2. The van der Waals surface area contributed by atoms with Crippen molar-refractivity contribution in [2.24, 2.45) is 0 Å². The molecule has 184 valence electrons. The lowest BCUT2D eigenvalue weighted by Crippen LogP contribution is -2.45. The molecule has 2 fully saturated rings. The molecular weight excluding hydrogens is 460 g/mol. The van der Waals surface area contributed by atoms with Crippen LogP contribution in [0.25, 0.3) is 0 Å². The zero-order chi connectivity index (χ0) is 25.5. The standard InChI is InChI=1S/C27H26N4O5/c1-3-14-36-23-16-24(31(17-23)27(34)29-21-7-5-19(4-2)6-8-21)26(33)28-20-9-11-22(12-10-20)30-13-15-35-18-25(30)32/h1-2,5-12,23-24H,13-18H2,(H,28,33)(H,29,34)/t23-,24-/m1/s1. The molecule has 0 aromatic heterocycles. The molecule has 2 atom stereocenters. The number of urea groups is 1. The molecule has 9 heteroatoms. The highest BCUT2D eigenvalue weighted by molar-refractivity contribution is 6.00. The predicted molar refractivity (Wildman–Crippen MR) is 135 cm³/mol. The first kappa shape index (κ1) is 24.8. The number of hydrogen-bond donors (Lipinski definition) is 2. The molecule has 0 radical (unpaired) electrons. The summed E-state index contributed by atoms with van der Waals surface area (Å²) in [6.45, 7) is 1.30. The molecule has 4 rings (SSSR count). The van der Waals surface area contributed by atoms with Crippen LogP contribution in [-0.4, -0.2) is 67.8 Å². The van der Waals surface area contributed by atoms with Crippen molar-refractivity contribution < 1.29 is 23.9 Å². The molecule has 2 aliphatic heterocycles. The van der Waals surface area contributed by atoms with Gasteiger partial charge in [0.1, 0.15) is 19.3 Å². The molecule has 0 bridgehead atoms. The Balaban J connectivity index is 1.44. The Morgan fingerprint density at radius 3 is 2.42 bits per heavy atom. The Morgan fingerprint density at radius 2 is 1.75 bits per heavy atom. The molecule has 0 unspecified atom stereocenters. The van der Waals surface area contributed by atoms with Crippen molar-refractivity contribution in [3.63, 3.8) is 0 Å². The Morgan fingerprint density at radius 1 is 1.06 bits per heavy atom. The number of hydrogen-bond acceptors (Lipinski definition) is 5. The first-order chi connectivity index (χ1) is 17.5. The van der Waals surface area contributed by atoms with Crippen LogP contribution in [-0.2, 0) is 19.1 Å². The second-order valence-corrected chi connectivity index (χ2v) is 8.33. The SMILES string of the molecule is C#CCO[C@@H]1C[C@H](C(=O)Nc2ccc(N3CCOCC3=O)cc2)N(C(=O)Nc2ccc(C#C)cc2)C1. The molecule has 4 amide bonds. The maximum Gasteiger partial charge on any atom is 0.322 e. The average Bonchev–Trinajstić information content (AvgIpc) is 3.33. The molecule has 0 spiro atoms. The number of ether oxygens (including phenoxy) is 2. The monoisotopic (exact) mass is 486 g/mol. The number of nitrogens with zero attached hydrogens (tertiary/aromatic N) is 2. The van der Waals surface area contributed by atoms with E-state index in [0.717, 1.165) is 5.69 Å². The van der Waals surface area contributed by atoms with Gasteiger partial charge in [-0.3, -0.25) is 9.59 Å². The van der Waals surface area contributed by atoms with Crippen LogP contribution in [0.1, 0.15) is 12.0 Å². The van der Waals surface area contributed by atoms with Gasteiger partial charge in [-0.2, -0.15) is 0 Å². The van der Waals surface area contributed by atoms with Crippen LogP contribution >= 0.6 is 0 Å². The molecule has 2 saturated heterocycles. The summed E-state index contributed by atoms with van der Waals surface area (Å²) < 4.78 is 10.8. The summed E-state index contributed by atoms with van der Waals surface area (Å²) in [4.78, 5) is 41.4. The summed E-state index contributed by atoms with van der Waals surface area (Å²) in [5.74, 6) is 4.47. The van der Waals surface area contributed by atoms with Crippen LogP contribution in [0.15, 0.2) is 48.5 Å². The van der Waals surface area contributed by atoms with Crippen LogP contribution in [0.2, 0.25) is 0 Å². The van der Waals surface area contributed by atoms with Crippen LogP contribution in [0.3, 0.4) is 0 Å². The fourth-order valence-electron chi connectivity index (χ4n) is 4.14. The maximum atomic E-state index is 13.2. The molecule has 2 aromatic rings. The predicted octanol–water partition coefficient (Wildman–Crippen LogP) is 2.29. The molecule has 36 heavy (non-hydrogen) atoms. The summed E-state index contributed by atoms with van der Waals surface area (Å²) in [5, 5.41) is 5.66. The van der Waals surface area contributed by atoms with Crippen molar-refractivity contribution in [1.29, 1.82) is 0 Å². The highest BCUT2D eigenvalue weighted by Gasteiger charge is 2.40. The summed E-state index contributed by atoms with van der Waals surface area (Å²) in [6, 6.07) is 12.6. The second-order valence-electron chi connectivity index (χ2n) is 8.33. The van der Waals surface area contributed by atoms with Gasteiger partial charge in [-0.05, 0) is 48.5 Å². The van der Waals surface area contributed by atoms with Crippen molar-refractivity contribution in [2.75, 3.05) is 48.4 Å². The zero-order valence-electron chi connectivity index (χ0n) is 19.6. The number of likely N-dealkylation sites (tertiary alicyclic amines) is 1. The van der Waals surface area contributed by atoms with Gasteiger partial charge < -0.3 is 29.9 Å². The lowest BCUT2D eigenvalue weighted by Gasteiger charge is -2.27. The van der Waals surface area contributed by atoms with Gasteiger partial charge in [0.2, 0.25) is 5.91 Å². The van der Waals surface area contributed by atoms with E-state index in [1.165, 1.54) is 4.90 Å². The van der Waals surface area contributed by atoms with Crippen molar-refractivity contribution in [1.82, 2.24) is 4.90 Å². The minimum Gasteiger partial charge on any atom is -0.370 e. The maximum absolute atomic E-state index is 13.2. The van der Waals surface area contributed by atoms with E-state index in [1.807, 2.05) is 0 Å². The molecule has 9 nitrogen and oxygen atoms in total. The third kappa shape index (κ3) is 5.84. The van der Waals surface area contributed by atoms with Crippen molar-refractivity contribution >= 4 is 34.9 Å². The lowest BCUT2D eigenvalue weighted by molar-refractivity contribution is -0.125. The molecule has 2 aliphatic rings. The van der Waals surface area contributed by atoms with E-state index >= 15 is 0 Å². The first-order valence-electron chi connectivity index (χ1n) is 11.5. The number of rotatable bonds is 6. The Kier molecular flexibility index (Phi) is 7.86. The van der Waals surface area contributed by atoms with E-state index in [2.05, 4.69) is 22.5 Å². The number of amides is 4. The van der Waals surface area contributed by atoms with E-state index in [-0.39, 0.29) is 37.7 Å². The first-order valence-corrected chi connectivity index (χ1v) is 11.5. The molecule has 2 N–H and O–H groups in total. The molecule has 0 aliphatic carbocycles. The van der Waals surface area contributed by atoms with Gasteiger partial charge in [0.15, 0.2) is 0 Å². The minimum atomic E-state index is -0.766. The lowest BCUT2D eigenvalue weighted by atomic mass is 10.1. The number of carbonyl (C=O) groups excluding carboxylic acids is 3. The fraction of sp³-hybridized carbons (Fsp3) is 0.296. The highest BCUT2D eigenvalue weighted by atomic mass is 16.5. The van der Waals surface area contributed by atoms with Gasteiger partial charge in [0.25, 0.3) is 5.91 Å². The van der Waals surface area contributed by atoms with Gasteiger partial charge in [0.05, 0.1) is 12.7 Å². The van der Waals surface area contributed by atoms with Crippen molar-refractivity contribution in [2.45, 2.75) is 18.6 Å². The molecule has 2 heterocycles. The number of morpholine rings is 1. The number of anilines is 3. The topological polar surface area (TPSA) is 100 Å². The third-order valence-corrected chi connectivity index (χ3v) is 5.96. The Bertz CT molecular complexity index is 1200. The fourth-order valence-corrected chi connectivity index (χ4v) is 4.14. The second kappa shape index (κ2) is 11.4. The van der Waals surface area contributed by atoms with E-state index in [0.29, 0.717) is 36.5 Å². The third-order valence-electron chi connectivity index (χ3n) is 5.96. The summed E-state index contributed by atoms with van der Waals surface area (Å²) >= 11 is 0. The van der Waals surface area contributed by atoms with Gasteiger partial charge in [0, 0.05) is 42.1 Å². The molecular formula is C27H26N4O5. The summed E-state index contributed by atoms with van der Waals surface area (Å²) in [5.41, 5.74) is 2.52. The van der Waals surface area contributed by atoms with Gasteiger partial charge in [-0.15, -0.1) is 12.8 Å². The average molecular weight is 487 g/mol. The number of terminal acetylenes is 2. The highest BCUT2D eigenvalue weighted by Crippen LogP contribution is 2.25. The normalized spacial score (nSPS) is 19.3. The van der Waals surface area contributed by atoms with Crippen LogP contribution in [0, 0.1) is 24.7 Å². The van der Waals surface area contributed by atoms with E-state index in [1.54, 1.807) is 53.4 Å².